The molecule has 0 aliphatic carbocycles. The molecule has 1 aliphatic heterocycles. The molecule has 4 heteroatoms. The summed E-state index contributed by atoms with van der Waals surface area (Å²) in [4.78, 5) is 14.0. The number of anilines is 1. The maximum Gasteiger partial charge on any atom is 0.237 e. The van der Waals surface area contributed by atoms with Crippen LogP contribution in [0.25, 0.3) is 0 Å². The van der Waals surface area contributed by atoms with Gasteiger partial charge in [0.05, 0.1) is 5.75 Å². The summed E-state index contributed by atoms with van der Waals surface area (Å²) in [7, 11) is 0. The lowest BCUT2D eigenvalue weighted by Gasteiger charge is -2.33. The van der Waals surface area contributed by atoms with Crippen LogP contribution >= 0.6 is 11.8 Å². The predicted octanol–water partition coefficient (Wildman–Crippen LogP) is 2.02. The number of carbonyl (C=O) groups is 1. The second-order valence-corrected chi connectivity index (χ2v) is 6.21. The molecule has 1 heterocycles. The molecule has 2 N–H and O–H groups in total. The third-order valence-electron chi connectivity index (χ3n) is 3.30. The zero-order chi connectivity index (χ0) is 13.3. The minimum Gasteiger partial charge on any atom is -0.329 e. The van der Waals surface area contributed by atoms with Crippen LogP contribution in [0, 0.1) is 20.8 Å². The fourth-order valence-electron chi connectivity index (χ4n) is 2.58. The van der Waals surface area contributed by atoms with Gasteiger partial charge in [0.15, 0.2) is 0 Å². The minimum atomic E-state index is 0.194. The quantitative estimate of drug-likeness (QED) is 0.889. The number of benzene rings is 1. The van der Waals surface area contributed by atoms with Gasteiger partial charge in [0.25, 0.3) is 0 Å². The van der Waals surface area contributed by atoms with E-state index in [1.807, 2.05) is 4.90 Å². The summed E-state index contributed by atoms with van der Waals surface area (Å²) in [5.41, 5.74) is 10.4. The smallest absolute Gasteiger partial charge is 0.237 e. The molecule has 1 saturated heterocycles. The molecule has 0 aromatic heterocycles. The standard InChI is InChI=1S/C14H20N2OS/c1-9-4-10(2)14(11(3)5-9)16-7-12(6-15)18-8-13(16)17/h4-5,12H,6-8,15H2,1-3H3. The van der Waals surface area contributed by atoms with Crippen molar-refractivity contribution in [3.63, 3.8) is 0 Å². The molecule has 1 atom stereocenters. The van der Waals surface area contributed by atoms with E-state index in [2.05, 4.69) is 32.9 Å². The highest BCUT2D eigenvalue weighted by Crippen LogP contribution is 2.30. The lowest BCUT2D eigenvalue weighted by molar-refractivity contribution is -0.116. The zero-order valence-electron chi connectivity index (χ0n) is 11.2. The average molecular weight is 264 g/mol. The Kier molecular flexibility index (Phi) is 3.97. The molecular formula is C14H20N2OS. The molecule has 1 aromatic carbocycles. The van der Waals surface area contributed by atoms with E-state index in [0.29, 0.717) is 17.5 Å². The lowest BCUT2D eigenvalue weighted by Crippen LogP contribution is -2.45. The first kappa shape index (κ1) is 13.4. The van der Waals surface area contributed by atoms with Gasteiger partial charge in [-0.15, -0.1) is 11.8 Å². The van der Waals surface area contributed by atoms with E-state index in [9.17, 15) is 4.79 Å². The van der Waals surface area contributed by atoms with Gasteiger partial charge in [-0.25, -0.2) is 0 Å². The minimum absolute atomic E-state index is 0.194. The monoisotopic (exact) mass is 264 g/mol. The van der Waals surface area contributed by atoms with E-state index in [1.165, 1.54) is 16.7 Å². The maximum absolute atomic E-state index is 12.1. The van der Waals surface area contributed by atoms with Crippen molar-refractivity contribution in [2.24, 2.45) is 5.73 Å². The number of thioether (sulfide) groups is 1. The summed E-state index contributed by atoms with van der Waals surface area (Å²) in [6.07, 6.45) is 0. The lowest BCUT2D eigenvalue weighted by atomic mass is 10.0. The molecule has 3 nitrogen and oxygen atoms in total. The van der Waals surface area contributed by atoms with Crippen LogP contribution in [0.2, 0.25) is 0 Å². The Bertz CT molecular complexity index is 450. The second kappa shape index (κ2) is 5.33. The number of nitrogens with zero attached hydrogens (tertiary/aromatic N) is 1. The Morgan fingerprint density at radius 3 is 2.50 bits per heavy atom. The van der Waals surface area contributed by atoms with Crippen LogP contribution in [0.1, 0.15) is 16.7 Å². The molecule has 1 fully saturated rings. The van der Waals surface area contributed by atoms with E-state index >= 15 is 0 Å². The predicted molar refractivity (Wildman–Crippen MR) is 78.3 cm³/mol. The highest BCUT2D eigenvalue weighted by Gasteiger charge is 2.28. The summed E-state index contributed by atoms with van der Waals surface area (Å²) in [5, 5.41) is 0.350. The largest absolute Gasteiger partial charge is 0.329 e. The van der Waals surface area contributed by atoms with Crippen molar-refractivity contribution >= 4 is 23.4 Å². The number of carbonyl (C=O) groups excluding carboxylic acids is 1. The van der Waals surface area contributed by atoms with Gasteiger partial charge in [0.2, 0.25) is 5.91 Å². The van der Waals surface area contributed by atoms with E-state index in [4.69, 9.17) is 5.73 Å². The molecule has 0 radical (unpaired) electrons. The molecule has 1 amide bonds. The molecule has 1 unspecified atom stereocenters. The van der Waals surface area contributed by atoms with Crippen molar-refractivity contribution < 1.29 is 4.79 Å². The zero-order valence-corrected chi connectivity index (χ0v) is 12.0. The first-order chi connectivity index (χ1) is 8.52. The van der Waals surface area contributed by atoms with Gasteiger partial charge in [-0.3, -0.25) is 4.79 Å². The van der Waals surface area contributed by atoms with Crippen molar-refractivity contribution in [1.29, 1.82) is 0 Å². The highest BCUT2D eigenvalue weighted by molar-refractivity contribution is 8.00. The van der Waals surface area contributed by atoms with Gasteiger partial charge in [0.1, 0.15) is 0 Å². The first-order valence-corrected chi connectivity index (χ1v) is 7.27. The third-order valence-corrected chi connectivity index (χ3v) is 4.52. The third kappa shape index (κ3) is 2.54. The molecule has 0 saturated carbocycles. The molecule has 2 rings (SSSR count). The van der Waals surface area contributed by atoms with Crippen LogP contribution in [0.3, 0.4) is 0 Å². The highest BCUT2D eigenvalue weighted by atomic mass is 32.2. The van der Waals surface area contributed by atoms with Crippen LogP contribution in [-0.4, -0.2) is 30.0 Å². The summed E-state index contributed by atoms with van der Waals surface area (Å²) >= 11 is 1.67. The summed E-state index contributed by atoms with van der Waals surface area (Å²) in [6.45, 7) is 7.58. The van der Waals surface area contributed by atoms with Gasteiger partial charge < -0.3 is 10.6 Å². The number of rotatable bonds is 2. The molecule has 0 spiro atoms. The van der Waals surface area contributed by atoms with Crippen molar-refractivity contribution in [1.82, 2.24) is 0 Å². The average Bonchev–Trinajstić information content (AvgIpc) is 2.30. The maximum atomic E-state index is 12.1. The molecular weight excluding hydrogens is 244 g/mol. The first-order valence-electron chi connectivity index (χ1n) is 6.22. The van der Waals surface area contributed by atoms with Gasteiger partial charge in [0, 0.05) is 24.0 Å². The molecule has 1 aliphatic rings. The number of hydrogen-bond donors (Lipinski definition) is 1. The Balaban J connectivity index is 2.37. The van der Waals surface area contributed by atoms with Crippen molar-refractivity contribution in [3.05, 3.63) is 28.8 Å². The van der Waals surface area contributed by atoms with Crippen LogP contribution in [0.4, 0.5) is 5.69 Å². The van der Waals surface area contributed by atoms with E-state index in [1.54, 1.807) is 11.8 Å². The molecule has 98 valence electrons. The van der Waals surface area contributed by atoms with Gasteiger partial charge in [-0.05, 0) is 31.9 Å². The Morgan fingerprint density at radius 1 is 1.33 bits per heavy atom. The molecule has 1 aromatic rings. The van der Waals surface area contributed by atoms with E-state index < -0.39 is 0 Å². The number of aryl methyl sites for hydroxylation is 3. The summed E-state index contributed by atoms with van der Waals surface area (Å²) < 4.78 is 0. The summed E-state index contributed by atoms with van der Waals surface area (Å²) in [5.74, 6) is 0.731. The van der Waals surface area contributed by atoms with Gasteiger partial charge >= 0.3 is 0 Å². The van der Waals surface area contributed by atoms with Crippen LogP contribution in [0.5, 0.6) is 0 Å². The van der Waals surface area contributed by atoms with Crippen LogP contribution in [0.15, 0.2) is 12.1 Å². The van der Waals surface area contributed by atoms with E-state index in [-0.39, 0.29) is 5.91 Å². The Labute approximate surface area is 113 Å². The van der Waals surface area contributed by atoms with Crippen molar-refractivity contribution in [2.75, 3.05) is 23.7 Å². The number of nitrogens with two attached hydrogens (primary N) is 1. The summed E-state index contributed by atoms with van der Waals surface area (Å²) in [6, 6.07) is 4.27. The fraction of sp³-hybridized carbons (Fsp3) is 0.500. The van der Waals surface area contributed by atoms with E-state index in [0.717, 1.165) is 12.2 Å². The molecule has 0 bridgehead atoms. The normalized spacial score (nSPS) is 20.3. The number of amides is 1. The Hall–Kier alpha value is -1.00. The SMILES string of the molecule is Cc1cc(C)c(N2CC(CN)SCC2=O)c(C)c1. The van der Waals surface area contributed by atoms with Crippen LogP contribution < -0.4 is 10.6 Å². The fourth-order valence-corrected chi connectivity index (χ4v) is 3.51. The van der Waals surface area contributed by atoms with Gasteiger partial charge in [-0.2, -0.15) is 0 Å². The second-order valence-electron chi connectivity index (χ2n) is 4.92. The van der Waals surface area contributed by atoms with Crippen molar-refractivity contribution in [3.8, 4) is 0 Å². The Morgan fingerprint density at radius 2 is 1.94 bits per heavy atom. The van der Waals surface area contributed by atoms with Crippen molar-refractivity contribution in [2.45, 2.75) is 26.0 Å². The van der Waals surface area contributed by atoms with Crippen LogP contribution in [-0.2, 0) is 4.79 Å². The number of hydrogen-bond acceptors (Lipinski definition) is 3. The molecule has 18 heavy (non-hydrogen) atoms. The topological polar surface area (TPSA) is 46.3 Å². The van der Waals surface area contributed by atoms with Gasteiger partial charge in [-0.1, -0.05) is 17.7 Å².